The van der Waals surface area contributed by atoms with Gasteiger partial charge in [-0.15, -0.1) is 0 Å². The van der Waals surface area contributed by atoms with Crippen molar-refractivity contribution in [3.63, 3.8) is 0 Å². The second-order valence-corrected chi connectivity index (χ2v) is 7.69. The molecule has 5 nitrogen and oxygen atoms in total. The molecule has 0 aliphatic heterocycles. The van der Waals surface area contributed by atoms with E-state index in [2.05, 4.69) is 62.0 Å². The molecule has 0 saturated carbocycles. The van der Waals surface area contributed by atoms with Gasteiger partial charge >= 0.3 is 5.97 Å². The minimum absolute atomic E-state index is 0.300. The number of methoxy groups -OCH3 is 1. The van der Waals surface area contributed by atoms with E-state index in [9.17, 15) is 4.79 Å². The fourth-order valence-electron chi connectivity index (χ4n) is 3.58. The summed E-state index contributed by atoms with van der Waals surface area (Å²) in [6.45, 7) is 6.41. The van der Waals surface area contributed by atoms with Crippen LogP contribution < -0.4 is 4.90 Å². The predicted molar refractivity (Wildman–Crippen MR) is 119 cm³/mol. The number of H-pyrrole nitrogens is 1. The Bertz CT molecular complexity index is 1220. The number of ether oxygens (including phenoxy) is 1. The Labute approximate surface area is 170 Å². The Balaban J connectivity index is 1.96. The average molecular weight is 387 g/mol. The van der Waals surface area contributed by atoms with E-state index in [1.54, 1.807) is 6.07 Å². The van der Waals surface area contributed by atoms with Gasteiger partial charge in [-0.05, 0) is 62.7 Å². The normalized spacial score (nSPS) is 11.4. The summed E-state index contributed by atoms with van der Waals surface area (Å²) in [5.41, 5.74) is 6.74. The Morgan fingerprint density at radius 2 is 1.93 bits per heavy atom. The first-order valence-corrected chi connectivity index (χ1v) is 9.73. The molecule has 0 unspecified atom stereocenters. The van der Waals surface area contributed by atoms with Gasteiger partial charge in [0.2, 0.25) is 0 Å². The molecule has 4 rings (SSSR count). The van der Waals surface area contributed by atoms with E-state index in [4.69, 9.17) is 9.72 Å². The highest BCUT2D eigenvalue weighted by atomic mass is 16.5. The number of esters is 1. The fourth-order valence-corrected chi connectivity index (χ4v) is 3.58. The van der Waals surface area contributed by atoms with Crippen molar-refractivity contribution in [1.29, 1.82) is 0 Å². The number of aromatic amines is 1. The van der Waals surface area contributed by atoms with E-state index < -0.39 is 0 Å². The number of aryl methyl sites for hydroxylation is 1. The molecule has 2 aromatic heterocycles. The maximum Gasteiger partial charge on any atom is 0.337 e. The molecule has 4 aromatic rings. The molecule has 0 spiro atoms. The van der Waals surface area contributed by atoms with Crippen LogP contribution in [0.4, 0.5) is 5.69 Å². The van der Waals surface area contributed by atoms with Crippen molar-refractivity contribution in [2.24, 2.45) is 0 Å². The van der Waals surface area contributed by atoms with E-state index in [-0.39, 0.29) is 5.97 Å². The first-order valence-electron chi connectivity index (χ1n) is 9.73. The number of nitrogens with zero attached hydrogens (tertiary/aromatic N) is 2. The van der Waals surface area contributed by atoms with Gasteiger partial charge in [0, 0.05) is 41.1 Å². The smallest absolute Gasteiger partial charge is 0.337 e. The van der Waals surface area contributed by atoms with Crippen LogP contribution in [-0.4, -0.2) is 36.1 Å². The summed E-state index contributed by atoms with van der Waals surface area (Å²) >= 11 is 0. The lowest BCUT2D eigenvalue weighted by Crippen LogP contribution is -2.26. The summed E-state index contributed by atoms with van der Waals surface area (Å²) < 4.78 is 4.87. The van der Waals surface area contributed by atoms with E-state index in [0.29, 0.717) is 11.6 Å². The van der Waals surface area contributed by atoms with Crippen molar-refractivity contribution in [3.8, 4) is 11.3 Å². The number of hydrogen-bond acceptors (Lipinski definition) is 4. The van der Waals surface area contributed by atoms with Crippen molar-refractivity contribution >= 4 is 33.5 Å². The molecule has 5 heteroatoms. The van der Waals surface area contributed by atoms with Gasteiger partial charge in [0.1, 0.15) is 0 Å². The van der Waals surface area contributed by atoms with Crippen LogP contribution in [0.25, 0.3) is 33.1 Å². The topological polar surface area (TPSA) is 58.2 Å². The number of rotatable bonds is 4. The SMILES string of the molecule is COC(=O)c1ccc2nc(-c3ccc4[nH]cc(C)c4c3)c(N(C)C(C)C)cc2c1. The Kier molecular flexibility index (Phi) is 4.74. The summed E-state index contributed by atoms with van der Waals surface area (Å²) in [5.74, 6) is -0.344. The fraction of sp³-hybridized carbons (Fsp3) is 0.250. The molecule has 0 fully saturated rings. The van der Waals surface area contributed by atoms with Crippen LogP contribution in [0.15, 0.2) is 48.7 Å². The number of hydrogen-bond donors (Lipinski definition) is 1. The summed E-state index contributed by atoms with van der Waals surface area (Å²) in [5, 5.41) is 2.11. The first kappa shape index (κ1) is 19.0. The highest BCUT2D eigenvalue weighted by Crippen LogP contribution is 2.35. The molecule has 0 aliphatic carbocycles. The van der Waals surface area contributed by atoms with Gasteiger partial charge in [0.05, 0.1) is 29.6 Å². The molecule has 2 aromatic carbocycles. The van der Waals surface area contributed by atoms with Crippen LogP contribution >= 0.6 is 0 Å². The highest BCUT2D eigenvalue weighted by molar-refractivity contribution is 5.97. The van der Waals surface area contributed by atoms with Crippen LogP contribution in [0.3, 0.4) is 0 Å². The number of pyridine rings is 1. The second kappa shape index (κ2) is 7.24. The van der Waals surface area contributed by atoms with Gasteiger partial charge in [-0.3, -0.25) is 0 Å². The molecule has 1 N–H and O–H groups in total. The minimum Gasteiger partial charge on any atom is -0.465 e. The van der Waals surface area contributed by atoms with Gasteiger partial charge in [0.15, 0.2) is 0 Å². The summed E-state index contributed by atoms with van der Waals surface area (Å²) in [4.78, 5) is 22.4. The molecule has 0 atom stereocenters. The van der Waals surface area contributed by atoms with Crippen molar-refractivity contribution in [2.75, 3.05) is 19.1 Å². The summed E-state index contributed by atoms with van der Waals surface area (Å²) in [7, 11) is 3.46. The quantitative estimate of drug-likeness (QED) is 0.481. The zero-order valence-electron chi connectivity index (χ0n) is 17.4. The number of aromatic nitrogens is 2. The predicted octanol–water partition coefficient (Wildman–Crippen LogP) is 5.32. The van der Waals surface area contributed by atoms with Crippen molar-refractivity contribution in [1.82, 2.24) is 9.97 Å². The van der Waals surface area contributed by atoms with Gasteiger partial charge in [0.25, 0.3) is 0 Å². The monoisotopic (exact) mass is 387 g/mol. The number of carbonyl (C=O) groups is 1. The molecule has 0 radical (unpaired) electrons. The van der Waals surface area contributed by atoms with E-state index in [1.165, 1.54) is 18.1 Å². The van der Waals surface area contributed by atoms with E-state index in [0.717, 1.165) is 33.4 Å². The van der Waals surface area contributed by atoms with Crippen LogP contribution in [0.1, 0.15) is 29.8 Å². The van der Waals surface area contributed by atoms with Crippen molar-refractivity contribution in [2.45, 2.75) is 26.8 Å². The van der Waals surface area contributed by atoms with Gasteiger partial charge in [-0.1, -0.05) is 6.07 Å². The lowest BCUT2D eigenvalue weighted by molar-refractivity contribution is 0.0601. The van der Waals surface area contributed by atoms with Crippen LogP contribution in [-0.2, 0) is 4.74 Å². The third-order valence-electron chi connectivity index (χ3n) is 5.53. The van der Waals surface area contributed by atoms with Crippen LogP contribution in [0.2, 0.25) is 0 Å². The Hall–Kier alpha value is -3.34. The lowest BCUT2D eigenvalue weighted by atomic mass is 10.0. The third-order valence-corrected chi connectivity index (χ3v) is 5.53. The summed E-state index contributed by atoms with van der Waals surface area (Å²) in [6, 6.07) is 14.3. The molecule has 0 saturated heterocycles. The minimum atomic E-state index is -0.344. The molecule has 29 heavy (non-hydrogen) atoms. The van der Waals surface area contributed by atoms with Gasteiger partial charge in [-0.25, -0.2) is 9.78 Å². The number of anilines is 1. The third kappa shape index (κ3) is 3.33. The molecule has 0 bridgehead atoms. The molecular weight excluding hydrogens is 362 g/mol. The number of nitrogens with one attached hydrogen (secondary N) is 1. The number of fused-ring (bicyclic) bond motifs is 2. The Morgan fingerprint density at radius 1 is 1.14 bits per heavy atom. The average Bonchev–Trinajstić information content (AvgIpc) is 3.11. The summed E-state index contributed by atoms with van der Waals surface area (Å²) in [6.07, 6.45) is 2.03. The number of benzene rings is 2. The zero-order chi connectivity index (χ0) is 20.7. The van der Waals surface area contributed by atoms with Crippen LogP contribution in [0, 0.1) is 6.92 Å². The first-order chi connectivity index (χ1) is 13.9. The maximum absolute atomic E-state index is 11.9. The standard InChI is InChI=1S/C24H25N3O2/c1-14(2)27(4)22-12-18-10-17(24(28)29-5)7-8-20(18)26-23(22)16-6-9-21-19(11-16)15(3)13-25-21/h6-14,25H,1-5H3. The lowest BCUT2D eigenvalue weighted by Gasteiger charge is -2.26. The van der Waals surface area contributed by atoms with Crippen molar-refractivity contribution < 1.29 is 9.53 Å². The van der Waals surface area contributed by atoms with Gasteiger partial charge in [-0.2, -0.15) is 0 Å². The number of carbonyl (C=O) groups excluding carboxylic acids is 1. The molecule has 0 amide bonds. The Morgan fingerprint density at radius 3 is 2.66 bits per heavy atom. The van der Waals surface area contributed by atoms with E-state index in [1.807, 2.05) is 18.3 Å². The van der Waals surface area contributed by atoms with E-state index >= 15 is 0 Å². The van der Waals surface area contributed by atoms with Gasteiger partial charge < -0.3 is 14.6 Å². The van der Waals surface area contributed by atoms with Crippen molar-refractivity contribution in [3.05, 3.63) is 59.8 Å². The largest absolute Gasteiger partial charge is 0.465 e. The maximum atomic E-state index is 11.9. The zero-order valence-corrected chi connectivity index (χ0v) is 17.4. The molecular formula is C24H25N3O2. The highest BCUT2D eigenvalue weighted by Gasteiger charge is 2.17. The van der Waals surface area contributed by atoms with Crippen LogP contribution in [0.5, 0.6) is 0 Å². The molecule has 2 heterocycles. The molecule has 0 aliphatic rings. The molecule has 148 valence electrons. The second-order valence-electron chi connectivity index (χ2n) is 7.69.